The third-order valence-electron chi connectivity index (χ3n) is 5.27. The van der Waals surface area contributed by atoms with Crippen LogP contribution < -0.4 is 0 Å². The SMILES string of the molecule is CCCCP(CCCC)(CCCC)(CCCC)OC(=O)c1cn[nH]n1. The number of carbonyl (C=O) groups excluding carboxylic acids is 1. The second-order valence-corrected chi connectivity index (χ2v) is 13.1. The first-order valence-electron chi connectivity index (χ1n) is 10.2. The first-order chi connectivity index (χ1) is 12.0. The van der Waals surface area contributed by atoms with Gasteiger partial charge in [-0.15, -0.1) is 0 Å². The Morgan fingerprint density at radius 1 is 0.920 bits per heavy atom. The number of aromatic nitrogens is 3. The van der Waals surface area contributed by atoms with E-state index in [2.05, 4.69) is 43.1 Å². The average Bonchev–Trinajstić information content (AvgIpc) is 3.17. The monoisotopic (exact) mass is 371 g/mol. The van der Waals surface area contributed by atoms with Gasteiger partial charge >= 0.3 is 153 Å². The van der Waals surface area contributed by atoms with E-state index in [0.717, 1.165) is 76.0 Å². The molecular weight excluding hydrogens is 333 g/mol. The van der Waals surface area contributed by atoms with Crippen LogP contribution in [0.2, 0.25) is 0 Å². The summed E-state index contributed by atoms with van der Waals surface area (Å²) in [6.45, 7) is 6.33. The minimum atomic E-state index is -2.58. The predicted molar refractivity (Wildman–Crippen MR) is 108 cm³/mol. The Morgan fingerprint density at radius 2 is 1.36 bits per heavy atom. The minimum absolute atomic E-state index is 0.272. The van der Waals surface area contributed by atoms with Crippen LogP contribution in [-0.2, 0) is 4.52 Å². The molecule has 0 radical (unpaired) electrons. The summed E-state index contributed by atoms with van der Waals surface area (Å²) in [5, 5.41) is 10.3. The van der Waals surface area contributed by atoms with E-state index in [0.29, 0.717) is 5.69 Å². The summed E-state index contributed by atoms with van der Waals surface area (Å²) in [5.41, 5.74) is 0.315. The first kappa shape index (κ1) is 22.1. The van der Waals surface area contributed by atoms with Gasteiger partial charge in [0.1, 0.15) is 0 Å². The van der Waals surface area contributed by atoms with Crippen LogP contribution in [0.25, 0.3) is 0 Å². The summed E-state index contributed by atoms with van der Waals surface area (Å²) in [6, 6.07) is 0. The van der Waals surface area contributed by atoms with Crippen molar-refractivity contribution in [1.29, 1.82) is 0 Å². The molecule has 1 heterocycles. The molecule has 0 spiro atoms. The zero-order chi connectivity index (χ0) is 18.6. The van der Waals surface area contributed by atoms with Crippen molar-refractivity contribution in [3.63, 3.8) is 0 Å². The van der Waals surface area contributed by atoms with Gasteiger partial charge in [0.05, 0.1) is 0 Å². The molecule has 0 saturated heterocycles. The van der Waals surface area contributed by atoms with Crippen LogP contribution >= 0.6 is 6.83 Å². The van der Waals surface area contributed by atoms with Gasteiger partial charge in [-0.25, -0.2) is 0 Å². The van der Waals surface area contributed by atoms with E-state index in [1.807, 2.05) is 0 Å². The topological polar surface area (TPSA) is 67.9 Å². The number of hydrogen-bond donors (Lipinski definition) is 1. The molecule has 0 aliphatic heterocycles. The molecule has 1 N–H and O–H groups in total. The summed E-state index contributed by atoms with van der Waals surface area (Å²) in [6.07, 6.45) is 14.9. The van der Waals surface area contributed by atoms with E-state index < -0.39 is 6.83 Å². The summed E-state index contributed by atoms with van der Waals surface area (Å²) in [7, 11) is 0. The molecule has 0 atom stereocenters. The molecule has 0 aromatic carbocycles. The fourth-order valence-corrected chi connectivity index (χ4v) is 10.4. The molecule has 0 fully saturated rings. The molecular formula is C19H38N3O2P. The molecule has 146 valence electrons. The summed E-state index contributed by atoms with van der Waals surface area (Å²) in [5.74, 6) is -0.272. The zero-order valence-electron chi connectivity index (χ0n) is 16.7. The van der Waals surface area contributed by atoms with Gasteiger partial charge < -0.3 is 0 Å². The first-order valence-corrected chi connectivity index (χ1v) is 13.0. The molecule has 0 unspecified atom stereocenters. The third kappa shape index (κ3) is 6.36. The van der Waals surface area contributed by atoms with Crippen molar-refractivity contribution < 1.29 is 9.32 Å². The Hall–Kier alpha value is -0.960. The van der Waals surface area contributed by atoms with Crippen LogP contribution in [0.3, 0.4) is 0 Å². The van der Waals surface area contributed by atoms with Crippen LogP contribution in [0.15, 0.2) is 6.20 Å². The van der Waals surface area contributed by atoms with Crippen molar-refractivity contribution in [3.8, 4) is 0 Å². The number of aromatic amines is 1. The van der Waals surface area contributed by atoms with E-state index in [1.54, 1.807) is 0 Å². The van der Waals surface area contributed by atoms with Crippen LogP contribution in [0, 0.1) is 0 Å². The number of H-pyrrole nitrogens is 1. The molecule has 25 heavy (non-hydrogen) atoms. The van der Waals surface area contributed by atoms with Crippen LogP contribution in [0.1, 0.15) is 89.5 Å². The van der Waals surface area contributed by atoms with Crippen molar-refractivity contribution in [2.75, 3.05) is 24.6 Å². The number of unbranched alkanes of at least 4 members (excludes halogenated alkanes) is 4. The number of hydrogen-bond acceptors (Lipinski definition) is 4. The Balaban J connectivity index is 3.23. The van der Waals surface area contributed by atoms with Gasteiger partial charge in [-0.05, 0) is 0 Å². The number of nitrogens with one attached hydrogen (secondary N) is 1. The maximum absolute atomic E-state index is 12.9. The fourth-order valence-electron chi connectivity index (χ4n) is 3.67. The zero-order valence-corrected chi connectivity index (χ0v) is 17.6. The van der Waals surface area contributed by atoms with Crippen molar-refractivity contribution >= 4 is 12.8 Å². The molecule has 5 nitrogen and oxygen atoms in total. The van der Waals surface area contributed by atoms with Gasteiger partial charge in [0.2, 0.25) is 0 Å². The van der Waals surface area contributed by atoms with Gasteiger partial charge in [-0.1, -0.05) is 0 Å². The molecule has 0 amide bonds. The third-order valence-corrected chi connectivity index (χ3v) is 11.7. The summed E-state index contributed by atoms with van der Waals surface area (Å²) in [4.78, 5) is 12.9. The summed E-state index contributed by atoms with van der Waals surface area (Å²) >= 11 is 0. The van der Waals surface area contributed by atoms with E-state index >= 15 is 0 Å². The van der Waals surface area contributed by atoms with E-state index in [9.17, 15) is 4.79 Å². The Bertz CT molecular complexity index is 447. The van der Waals surface area contributed by atoms with E-state index in [1.165, 1.54) is 6.20 Å². The molecule has 0 bridgehead atoms. The normalized spacial score (nSPS) is 13.4. The van der Waals surface area contributed by atoms with Crippen LogP contribution in [0.5, 0.6) is 0 Å². The fraction of sp³-hybridized carbons (Fsp3) is 0.842. The van der Waals surface area contributed by atoms with Gasteiger partial charge in [0, 0.05) is 0 Å². The Kier molecular flexibility index (Phi) is 9.63. The average molecular weight is 372 g/mol. The molecule has 1 rings (SSSR count). The van der Waals surface area contributed by atoms with Gasteiger partial charge in [0.25, 0.3) is 0 Å². The molecule has 1 aromatic rings. The van der Waals surface area contributed by atoms with Crippen LogP contribution in [-0.4, -0.2) is 46.0 Å². The van der Waals surface area contributed by atoms with Crippen molar-refractivity contribution in [2.24, 2.45) is 0 Å². The van der Waals surface area contributed by atoms with Gasteiger partial charge in [0.15, 0.2) is 0 Å². The maximum atomic E-state index is 12.9. The van der Waals surface area contributed by atoms with Crippen molar-refractivity contribution in [2.45, 2.75) is 79.1 Å². The molecule has 0 aliphatic rings. The van der Waals surface area contributed by atoms with Crippen molar-refractivity contribution in [1.82, 2.24) is 15.4 Å². The molecule has 1 aromatic heterocycles. The number of carbonyl (C=O) groups is 1. The second kappa shape index (κ2) is 10.9. The van der Waals surface area contributed by atoms with E-state index in [4.69, 9.17) is 4.52 Å². The summed E-state index contributed by atoms with van der Waals surface area (Å²) < 4.78 is 6.55. The quantitative estimate of drug-likeness (QED) is 0.430. The van der Waals surface area contributed by atoms with E-state index in [-0.39, 0.29) is 5.97 Å². The number of rotatable bonds is 14. The predicted octanol–water partition coefficient (Wildman–Crippen LogP) is 5.63. The second-order valence-electron chi connectivity index (χ2n) is 7.40. The molecule has 0 saturated carbocycles. The van der Waals surface area contributed by atoms with Crippen LogP contribution in [0.4, 0.5) is 0 Å². The molecule has 0 aliphatic carbocycles. The van der Waals surface area contributed by atoms with Gasteiger partial charge in [-0.3, -0.25) is 0 Å². The number of nitrogens with zero attached hydrogens (tertiary/aromatic N) is 2. The van der Waals surface area contributed by atoms with Crippen molar-refractivity contribution in [3.05, 3.63) is 11.9 Å². The standard InChI is InChI=1S/C19H38N3O2P/c1-5-9-13-25(14-10-6-2,15-11-7-3,16-12-8-4)24-19(23)18-17-20-22-21-18/h17H,5-16H2,1-4H3,(H,20,21,22). The Labute approximate surface area is 153 Å². The Morgan fingerprint density at radius 3 is 1.68 bits per heavy atom. The van der Waals surface area contributed by atoms with Gasteiger partial charge in [-0.2, -0.15) is 0 Å². The molecule has 6 heteroatoms.